The van der Waals surface area contributed by atoms with E-state index in [0.717, 1.165) is 17.1 Å². The summed E-state index contributed by atoms with van der Waals surface area (Å²) in [5.74, 6) is 0.746. The molecule has 6 nitrogen and oxygen atoms in total. The predicted molar refractivity (Wildman–Crippen MR) is 66.6 cm³/mol. The first-order valence-electron chi connectivity index (χ1n) is 4.99. The van der Waals surface area contributed by atoms with Gasteiger partial charge in [-0.3, -0.25) is 10.1 Å². The summed E-state index contributed by atoms with van der Waals surface area (Å²) in [7, 11) is 0. The van der Waals surface area contributed by atoms with Crippen LogP contribution in [-0.2, 0) is 0 Å². The minimum absolute atomic E-state index is 0.0764. The maximum atomic E-state index is 10.6. The van der Waals surface area contributed by atoms with Crippen LogP contribution in [-0.4, -0.2) is 21.7 Å². The number of oxime groups is 1. The van der Waals surface area contributed by atoms with Crippen molar-refractivity contribution in [2.45, 2.75) is 18.2 Å². The maximum absolute atomic E-state index is 10.6. The normalized spacial score (nSPS) is 11.5. The van der Waals surface area contributed by atoms with Gasteiger partial charge in [0.05, 0.1) is 4.92 Å². The Hall–Kier alpha value is -1.76. The van der Waals surface area contributed by atoms with E-state index in [0.29, 0.717) is 5.56 Å². The lowest BCUT2D eigenvalue weighted by molar-refractivity contribution is -0.384. The van der Waals surface area contributed by atoms with E-state index in [9.17, 15) is 10.1 Å². The van der Waals surface area contributed by atoms with Gasteiger partial charge >= 0.3 is 0 Å². The molecule has 0 fully saturated rings. The lowest BCUT2D eigenvalue weighted by Gasteiger charge is -2.06. The van der Waals surface area contributed by atoms with Gasteiger partial charge < -0.3 is 10.9 Å². The van der Waals surface area contributed by atoms with Gasteiger partial charge in [0.1, 0.15) is 0 Å². The van der Waals surface area contributed by atoms with Crippen molar-refractivity contribution in [3.63, 3.8) is 0 Å². The van der Waals surface area contributed by atoms with E-state index in [-0.39, 0.29) is 11.5 Å². The zero-order chi connectivity index (χ0) is 12.8. The van der Waals surface area contributed by atoms with E-state index in [1.54, 1.807) is 6.07 Å². The molecule has 0 spiro atoms. The van der Waals surface area contributed by atoms with Gasteiger partial charge in [-0.05, 0) is 18.2 Å². The van der Waals surface area contributed by atoms with Gasteiger partial charge in [0.25, 0.3) is 5.69 Å². The molecule has 1 aromatic carbocycles. The number of rotatable bonds is 5. The van der Waals surface area contributed by atoms with Crippen LogP contribution in [0.1, 0.15) is 18.9 Å². The SMILES string of the molecule is CCCSc1ccc([N+](=O)[O-])cc1/C(N)=N/O. The lowest BCUT2D eigenvalue weighted by Crippen LogP contribution is -2.14. The van der Waals surface area contributed by atoms with Crippen molar-refractivity contribution < 1.29 is 10.1 Å². The van der Waals surface area contributed by atoms with Crippen molar-refractivity contribution in [3.8, 4) is 0 Å². The molecule has 0 saturated heterocycles. The molecule has 0 radical (unpaired) electrons. The molecule has 0 heterocycles. The first-order valence-corrected chi connectivity index (χ1v) is 5.97. The second-order valence-corrected chi connectivity index (χ2v) is 4.41. The van der Waals surface area contributed by atoms with Crippen LogP contribution < -0.4 is 5.73 Å². The fourth-order valence-electron chi connectivity index (χ4n) is 1.22. The van der Waals surface area contributed by atoms with Crippen molar-refractivity contribution in [3.05, 3.63) is 33.9 Å². The average Bonchev–Trinajstić information content (AvgIpc) is 2.35. The summed E-state index contributed by atoms with van der Waals surface area (Å²) >= 11 is 1.52. The van der Waals surface area contributed by atoms with Crippen LogP contribution in [0.3, 0.4) is 0 Å². The number of nitrogens with two attached hydrogens (primary N) is 1. The summed E-state index contributed by atoms with van der Waals surface area (Å²) in [6.45, 7) is 2.03. The Kier molecular flexibility index (Phi) is 4.77. The van der Waals surface area contributed by atoms with Gasteiger partial charge in [0.2, 0.25) is 0 Å². The summed E-state index contributed by atoms with van der Waals surface area (Å²) in [5, 5.41) is 22.2. The van der Waals surface area contributed by atoms with E-state index in [2.05, 4.69) is 5.16 Å². The first kappa shape index (κ1) is 13.3. The lowest BCUT2D eigenvalue weighted by atomic mass is 10.2. The Labute approximate surface area is 103 Å². The topological polar surface area (TPSA) is 102 Å². The number of amidine groups is 1. The molecule has 1 aromatic rings. The highest BCUT2D eigenvalue weighted by Gasteiger charge is 2.13. The van der Waals surface area contributed by atoms with Crippen molar-refractivity contribution >= 4 is 23.3 Å². The van der Waals surface area contributed by atoms with Crippen LogP contribution in [0.4, 0.5) is 5.69 Å². The Bertz CT molecular complexity index is 448. The van der Waals surface area contributed by atoms with E-state index < -0.39 is 4.92 Å². The Morgan fingerprint density at radius 2 is 2.35 bits per heavy atom. The number of hydrogen-bond acceptors (Lipinski definition) is 5. The minimum Gasteiger partial charge on any atom is -0.409 e. The molecule has 0 saturated carbocycles. The van der Waals surface area contributed by atoms with Gasteiger partial charge in [-0.2, -0.15) is 0 Å². The van der Waals surface area contributed by atoms with Crippen LogP contribution in [0.15, 0.2) is 28.3 Å². The van der Waals surface area contributed by atoms with Crippen molar-refractivity contribution in [2.75, 3.05) is 5.75 Å². The summed E-state index contributed by atoms with van der Waals surface area (Å²) in [5.41, 5.74) is 5.81. The average molecular weight is 255 g/mol. The fourth-order valence-corrected chi connectivity index (χ4v) is 2.13. The first-order chi connectivity index (χ1) is 8.10. The monoisotopic (exact) mass is 255 g/mol. The molecule has 0 unspecified atom stereocenters. The zero-order valence-electron chi connectivity index (χ0n) is 9.29. The second kappa shape index (κ2) is 6.09. The molecular weight excluding hydrogens is 242 g/mol. The molecule has 7 heteroatoms. The molecule has 0 aliphatic heterocycles. The Morgan fingerprint density at radius 1 is 1.65 bits per heavy atom. The third-order valence-corrected chi connectivity index (χ3v) is 3.30. The third kappa shape index (κ3) is 3.35. The van der Waals surface area contributed by atoms with Crippen molar-refractivity contribution in [1.82, 2.24) is 0 Å². The fraction of sp³-hybridized carbons (Fsp3) is 0.300. The summed E-state index contributed by atoms with van der Waals surface area (Å²) in [6.07, 6.45) is 0.970. The molecule has 0 aliphatic carbocycles. The van der Waals surface area contributed by atoms with Gasteiger partial charge in [0, 0.05) is 22.6 Å². The molecule has 17 heavy (non-hydrogen) atoms. The number of hydrogen-bond donors (Lipinski definition) is 2. The van der Waals surface area contributed by atoms with Gasteiger partial charge in [-0.15, -0.1) is 11.8 Å². The third-order valence-electron chi connectivity index (χ3n) is 2.02. The molecule has 92 valence electrons. The number of nitrogens with zero attached hydrogens (tertiary/aromatic N) is 2. The van der Waals surface area contributed by atoms with Gasteiger partial charge in [-0.1, -0.05) is 12.1 Å². The van der Waals surface area contributed by atoms with Crippen LogP contribution in [0.25, 0.3) is 0 Å². The largest absolute Gasteiger partial charge is 0.409 e. The summed E-state index contributed by atoms with van der Waals surface area (Å²) in [4.78, 5) is 10.9. The molecule has 0 atom stereocenters. The summed E-state index contributed by atoms with van der Waals surface area (Å²) < 4.78 is 0. The molecule has 3 N–H and O–H groups in total. The van der Waals surface area contributed by atoms with Crippen molar-refractivity contribution in [1.29, 1.82) is 0 Å². The number of nitro benzene ring substituents is 1. The van der Waals surface area contributed by atoms with E-state index in [1.165, 1.54) is 23.9 Å². The van der Waals surface area contributed by atoms with E-state index in [4.69, 9.17) is 10.9 Å². The quantitative estimate of drug-likeness (QED) is 0.210. The predicted octanol–water partition coefficient (Wildman–Crippen LogP) is 2.19. The van der Waals surface area contributed by atoms with Gasteiger partial charge in [0.15, 0.2) is 5.84 Å². The van der Waals surface area contributed by atoms with Crippen LogP contribution >= 0.6 is 11.8 Å². The number of benzene rings is 1. The molecule has 1 rings (SSSR count). The molecule has 0 bridgehead atoms. The standard InChI is InChI=1S/C10H13N3O3S/c1-2-5-17-9-4-3-7(13(15)16)6-8(9)10(11)12-14/h3-4,6,14H,2,5H2,1H3,(H2,11,12). The van der Waals surface area contributed by atoms with Crippen LogP contribution in [0.5, 0.6) is 0 Å². The Balaban J connectivity index is 3.17. The Morgan fingerprint density at radius 3 is 2.88 bits per heavy atom. The van der Waals surface area contributed by atoms with Gasteiger partial charge in [-0.25, -0.2) is 0 Å². The summed E-state index contributed by atoms with van der Waals surface area (Å²) in [6, 6.07) is 4.34. The minimum atomic E-state index is -0.511. The number of nitro groups is 1. The van der Waals surface area contributed by atoms with E-state index >= 15 is 0 Å². The highest BCUT2D eigenvalue weighted by atomic mass is 32.2. The smallest absolute Gasteiger partial charge is 0.270 e. The van der Waals surface area contributed by atoms with Crippen LogP contribution in [0.2, 0.25) is 0 Å². The molecule has 0 amide bonds. The zero-order valence-corrected chi connectivity index (χ0v) is 10.1. The van der Waals surface area contributed by atoms with E-state index in [1.807, 2.05) is 6.92 Å². The number of non-ortho nitro benzene ring substituents is 1. The second-order valence-electron chi connectivity index (χ2n) is 3.27. The maximum Gasteiger partial charge on any atom is 0.270 e. The highest BCUT2D eigenvalue weighted by Crippen LogP contribution is 2.27. The molecular formula is C10H13N3O3S. The number of thioether (sulfide) groups is 1. The highest BCUT2D eigenvalue weighted by molar-refractivity contribution is 7.99. The molecule has 0 aromatic heterocycles. The molecule has 0 aliphatic rings. The van der Waals surface area contributed by atoms with Crippen LogP contribution in [0, 0.1) is 10.1 Å². The van der Waals surface area contributed by atoms with Crippen molar-refractivity contribution in [2.24, 2.45) is 10.9 Å².